The highest BCUT2D eigenvalue weighted by molar-refractivity contribution is 7.99. The van der Waals surface area contributed by atoms with Crippen molar-refractivity contribution in [3.63, 3.8) is 0 Å². The number of carbonyl (C=O) groups excluding carboxylic acids is 1. The van der Waals surface area contributed by atoms with Crippen LogP contribution in [0.4, 0.5) is 4.39 Å². The number of hydrogen-bond donors (Lipinski definition) is 2. The number of H-pyrrole nitrogens is 1. The summed E-state index contributed by atoms with van der Waals surface area (Å²) < 4.78 is 18.7. The van der Waals surface area contributed by atoms with Crippen molar-refractivity contribution >= 4 is 34.9 Å². The third kappa shape index (κ3) is 5.93. The van der Waals surface area contributed by atoms with Gasteiger partial charge < -0.3 is 9.72 Å². The van der Waals surface area contributed by atoms with Crippen LogP contribution in [0.3, 0.4) is 0 Å². The molecule has 1 aromatic heterocycles. The van der Waals surface area contributed by atoms with E-state index in [0.29, 0.717) is 17.5 Å². The van der Waals surface area contributed by atoms with Gasteiger partial charge in [0.15, 0.2) is 5.16 Å². The van der Waals surface area contributed by atoms with E-state index in [0.717, 1.165) is 22.2 Å². The van der Waals surface area contributed by atoms with Crippen LogP contribution in [0.5, 0.6) is 5.75 Å². The van der Waals surface area contributed by atoms with Crippen LogP contribution in [-0.2, 0) is 11.4 Å². The van der Waals surface area contributed by atoms with Gasteiger partial charge in [-0.2, -0.15) is 5.10 Å². The largest absolute Gasteiger partial charge is 0.489 e. The minimum absolute atomic E-state index is 0.192. The van der Waals surface area contributed by atoms with Gasteiger partial charge in [-0.25, -0.2) is 14.8 Å². The molecule has 156 valence electrons. The lowest BCUT2D eigenvalue weighted by Gasteiger charge is -2.07. The van der Waals surface area contributed by atoms with Crippen molar-refractivity contribution in [2.75, 3.05) is 5.75 Å². The zero-order valence-corrected chi connectivity index (χ0v) is 17.2. The van der Waals surface area contributed by atoms with Gasteiger partial charge in [-0.15, -0.1) is 0 Å². The molecule has 0 atom stereocenters. The van der Waals surface area contributed by atoms with Crippen LogP contribution >= 0.6 is 11.8 Å². The second-order valence-corrected chi connectivity index (χ2v) is 7.59. The van der Waals surface area contributed by atoms with Gasteiger partial charge in [0.1, 0.15) is 18.2 Å². The third-order valence-corrected chi connectivity index (χ3v) is 5.16. The SMILES string of the molecule is O=C(CSc1nc2ccccc2[nH]1)N/N=C\c1cccc(OCc2ccc(F)cc2)c1. The van der Waals surface area contributed by atoms with Gasteiger partial charge in [0.05, 0.1) is 23.0 Å². The predicted molar refractivity (Wildman–Crippen MR) is 120 cm³/mol. The zero-order valence-electron chi connectivity index (χ0n) is 16.4. The summed E-state index contributed by atoms with van der Waals surface area (Å²) in [6.45, 7) is 0.330. The van der Waals surface area contributed by atoms with Crippen molar-refractivity contribution in [2.24, 2.45) is 5.10 Å². The molecular weight excluding hydrogens is 415 g/mol. The van der Waals surface area contributed by atoms with E-state index in [2.05, 4.69) is 20.5 Å². The predicted octanol–water partition coefficient (Wildman–Crippen LogP) is 4.52. The number of aromatic nitrogens is 2. The van der Waals surface area contributed by atoms with Gasteiger partial charge in [-0.05, 0) is 47.5 Å². The number of nitrogens with zero attached hydrogens (tertiary/aromatic N) is 2. The number of carbonyl (C=O) groups is 1. The molecule has 0 radical (unpaired) electrons. The Morgan fingerprint density at radius 3 is 2.81 bits per heavy atom. The summed E-state index contributed by atoms with van der Waals surface area (Å²) in [5, 5.41) is 4.69. The lowest BCUT2D eigenvalue weighted by Crippen LogP contribution is -2.19. The molecule has 0 spiro atoms. The first-order valence-corrected chi connectivity index (χ1v) is 10.5. The normalized spacial score (nSPS) is 11.1. The van der Waals surface area contributed by atoms with E-state index >= 15 is 0 Å². The molecule has 0 fully saturated rings. The second kappa shape index (κ2) is 9.90. The minimum atomic E-state index is -0.278. The number of amides is 1. The Morgan fingerprint density at radius 2 is 1.97 bits per heavy atom. The van der Waals surface area contributed by atoms with Crippen LogP contribution in [-0.4, -0.2) is 27.8 Å². The summed E-state index contributed by atoms with van der Waals surface area (Å²) >= 11 is 1.31. The summed E-state index contributed by atoms with van der Waals surface area (Å²) in [6, 6.07) is 21.2. The monoisotopic (exact) mass is 434 g/mol. The van der Waals surface area contributed by atoms with Crippen molar-refractivity contribution in [1.82, 2.24) is 15.4 Å². The fraction of sp³-hybridized carbons (Fsp3) is 0.0870. The van der Waals surface area contributed by atoms with Crippen molar-refractivity contribution in [3.05, 3.63) is 89.7 Å². The highest BCUT2D eigenvalue weighted by Gasteiger charge is 2.06. The van der Waals surface area contributed by atoms with E-state index in [9.17, 15) is 9.18 Å². The summed E-state index contributed by atoms with van der Waals surface area (Å²) in [7, 11) is 0. The van der Waals surface area contributed by atoms with Gasteiger partial charge in [0.25, 0.3) is 5.91 Å². The van der Waals surface area contributed by atoms with E-state index in [4.69, 9.17) is 4.74 Å². The molecule has 3 aromatic carbocycles. The number of thioether (sulfide) groups is 1. The van der Waals surface area contributed by atoms with Gasteiger partial charge in [0.2, 0.25) is 0 Å². The standard InChI is InChI=1S/C23H19FN4O2S/c24-18-10-8-16(9-11-18)14-30-19-5-3-4-17(12-19)13-25-28-22(29)15-31-23-26-20-6-1-2-7-21(20)27-23/h1-13H,14-15H2,(H,26,27)(H,28,29)/b25-13-. The molecule has 1 amide bonds. The van der Waals surface area contributed by atoms with Gasteiger partial charge in [-0.3, -0.25) is 4.79 Å². The fourth-order valence-electron chi connectivity index (χ4n) is 2.77. The van der Waals surface area contributed by atoms with E-state index in [-0.39, 0.29) is 17.5 Å². The number of imidazole rings is 1. The number of halogens is 1. The van der Waals surface area contributed by atoms with Gasteiger partial charge in [0, 0.05) is 0 Å². The Labute approximate surface area is 182 Å². The lowest BCUT2D eigenvalue weighted by molar-refractivity contribution is -0.118. The van der Waals surface area contributed by atoms with Crippen LogP contribution in [0.15, 0.2) is 83.1 Å². The number of rotatable bonds is 8. The highest BCUT2D eigenvalue weighted by Crippen LogP contribution is 2.19. The maximum absolute atomic E-state index is 13.0. The molecule has 0 aliphatic rings. The number of fused-ring (bicyclic) bond motifs is 1. The molecule has 4 rings (SSSR count). The van der Waals surface area contributed by atoms with Gasteiger partial charge in [-0.1, -0.05) is 48.2 Å². The number of hydrazone groups is 1. The number of aromatic amines is 1. The van der Waals surface area contributed by atoms with Crippen molar-refractivity contribution < 1.29 is 13.9 Å². The summed E-state index contributed by atoms with van der Waals surface area (Å²) in [5.74, 6) is 0.336. The molecule has 0 bridgehead atoms. The molecule has 2 N–H and O–H groups in total. The number of benzene rings is 3. The summed E-state index contributed by atoms with van der Waals surface area (Å²) in [6.07, 6.45) is 1.55. The number of para-hydroxylation sites is 2. The topological polar surface area (TPSA) is 79.4 Å². The first kappa shape index (κ1) is 20.6. The average Bonchev–Trinajstić information content (AvgIpc) is 3.21. The molecule has 4 aromatic rings. The molecule has 1 heterocycles. The first-order valence-electron chi connectivity index (χ1n) is 9.52. The lowest BCUT2D eigenvalue weighted by atomic mass is 10.2. The molecule has 0 saturated carbocycles. The maximum atomic E-state index is 13.0. The van der Waals surface area contributed by atoms with Crippen LogP contribution < -0.4 is 10.2 Å². The maximum Gasteiger partial charge on any atom is 0.250 e. The molecule has 0 aliphatic heterocycles. The molecule has 8 heteroatoms. The Bertz CT molecular complexity index is 1170. The Balaban J connectivity index is 1.25. The van der Waals surface area contributed by atoms with E-state index in [1.54, 1.807) is 18.3 Å². The molecule has 0 aliphatic carbocycles. The summed E-state index contributed by atoms with van der Waals surface area (Å²) in [4.78, 5) is 19.6. The molecule has 6 nitrogen and oxygen atoms in total. The summed E-state index contributed by atoms with van der Waals surface area (Å²) in [5.41, 5.74) is 5.96. The van der Waals surface area contributed by atoms with E-state index < -0.39 is 0 Å². The van der Waals surface area contributed by atoms with Crippen LogP contribution in [0.2, 0.25) is 0 Å². The molecule has 31 heavy (non-hydrogen) atoms. The molecule has 0 unspecified atom stereocenters. The Kier molecular flexibility index (Phi) is 6.59. The smallest absolute Gasteiger partial charge is 0.250 e. The number of hydrogen-bond acceptors (Lipinski definition) is 5. The minimum Gasteiger partial charge on any atom is -0.489 e. The van der Waals surface area contributed by atoms with E-state index in [1.165, 1.54) is 23.9 Å². The Morgan fingerprint density at radius 1 is 1.13 bits per heavy atom. The van der Waals surface area contributed by atoms with Crippen molar-refractivity contribution in [3.8, 4) is 5.75 Å². The zero-order chi connectivity index (χ0) is 21.5. The first-order chi connectivity index (χ1) is 15.2. The van der Waals surface area contributed by atoms with E-state index in [1.807, 2.05) is 48.5 Å². The number of nitrogens with one attached hydrogen (secondary N) is 2. The fourth-order valence-corrected chi connectivity index (χ4v) is 3.45. The third-order valence-electron chi connectivity index (χ3n) is 4.29. The average molecular weight is 434 g/mol. The van der Waals surface area contributed by atoms with Crippen molar-refractivity contribution in [2.45, 2.75) is 11.8 Å². The highest BCUT2D eigenvalue weighted by atomic mass is 32.2. The van der Waals surface area contributed by atoms with Crippen molar-refractivity contribution in [1.29, 1.82) is 0 Å². The molecular formula is C23H19FN4O2S. The second-order valence-electron chi connectivity index (χ2n) is 6.63. The molecule has 0 saturated heterocycles. The number of ether oxygens (including phenoxy) is 1. The Hall–Kier alpha value is -3.65. The van der Waals surface area contributed by atoms with Crippen LogP contribution in [0, 0.1) is 5.82 Å². The van der Waals surface area contributed by atoms with Gasteiger partial charge >= 0.3 is 0 Å². The van der Waals surface area contributed by atoms with Crippen LogP contribution in [0.25, 0.3) is 11.0 Å². The van der Waals surface area contributed by atoms with Crippen LogP contribution in [0.1, 0.15) is 11.1 Å². The quantitative estimate of drug-likeness (QED) is 0.243.